The van der Waals surface area contributed by atoms with Crippen molar-refractivity contribution in [3.05, 3.63) is 66.5 Å². The molecule has 0 atom stereocenters. The lowest BCUT2D eigenvalue weighted by molar-refractivity contribution is 1.17. The van der Waals surface area contributed by atoms with E-state index in [1.165, 1.54) is 22.2 Å². The molecule has 0 fully saturated rings. The van der Waals surface area contributed by atoms with Crippen LogP contribution in [0.4, 0.5) is 0 Å². The molecule has 0 unspecified atom stereocenters. The van der Waals surface area contributed by atoms with Crippen molar-refractivity contribution in [2.45, 2.75) is 6.92 Å². The Balaban J connectivity index is 2.19. The van der Waals surface area contributed by atoms with Gasteiger partial charge in [-0.05, 0) is 30.2 Å². The summed E-state index contributed by atoms with van der Waals surface area (Å²) in [6.45, 7) is 2.11. The van der Waals surface area contributed by atoms with Crippen LogP contribution in [-0.4, -0.2) is 4.40 Å². The molecule has 0 saturated heterocycles. The maximum Gasteiger partial charge on any atom is 0.0456 e. The molecule has 0 aliphatic carbocycles. The Labute approximate surface area is 95.0 Å². The number of aryl methyl sites for hydroxylation is 1. The molecule has 0 aliphatic heterocycles. The Morgan fingerprint density at radius 2 is 1.62 bits per heavy atom. The maximum absolute atomic E-state index is 2.22. The van der Waals surface area contributed by atoms with Crippen molar-refractivity contribution < 1.29 is 0 Å². The van der Waals surface area contributed by atoms with E-state index in [1.807, 2.05) is 6.07 Å². The molecule has 1 nitrogen and oxygen atoms in total. The average Bonchev–Trinajstić information content (AvgIpc) is 2.73. The topological polar surface area (TPSA) is 4.41 Å². The van der Waals surface area contributed by atoms with Gasteiger partial charge in [0, 0.05) is 23.5 Å². The molecule has 2 aromatic heterocycles. The highest BCUT2D eigenvalue weighted by molar-refractivity contribution is 5.70. The molecule has 0 N–H and O–H groups in total. The molecule has 2 heterocycles. The van der Waals surface area contributed by atoms with Gasteiger partial charge in [-0.2, -0.15) is 0 Å². The van der Waals surface area contributed by atoms with E-state index >= 15 is 0 Å². The first kappa shape index (κ1) is 9.22. The predicted molar refractivity (Wildman–Crippen MR) is 67.6 cm³/mol. The Morgan fingerprint density at radius 1 is 0.812 bits per heavy atom. The number of fused-ring (bicyclic) bond motifs is 1. The summed E-state index contributed by atoms with van der Waals surface area (Å²) >= 11 is 0. The van der Waals surface area contributed by atoms with Crippen LogP contribution in [0.15, 0.2) is 60.9 Å². The van der Waals surface area contributed by atoms with E-state index in [2.05, 4.69) is 66.2 Å². The second kappa shape index (κ2) is 3.53. The standard InChI is InChI=1S/C15H13N/c1-12-7-8-15-9-14(11-16(15)10-12)13-5-3-2-4-6-13/h2-11H,1H3. The van der Waals surface area contributed by atoms with Crippen LogP contribution in [0.25, 0.3) is 16.6 Å². The van der Waals surface area contributed by atoms with E-state index in [-0.39, 0.29) is 0 Å². The van der Waals surface area contributed by atoms with Crippen molar-refractivity contribution in [2.24, 2.45) is 0 Å². The van der Waals surface area contributed by atoms with Gasteiger partial charge in [-0.3, -0.25) is 0 Å². The van der Waals surface area contributed by atoms with Gasteiger partial charge in [-0.1, -0.05) is 36.4 Å². The second-order valence-corrected chi connectivity index (χ2v) is 4.13. The largest absolute Gasteiger partial charge is 0.323 e. The molecule has 3 aromatic rings. The first-order chi connectivity index (χ1) is 7.83. The van der Waals surface area contributed by atoms with Gasteiger partial charge >= 0.3 is 0 Å². The summed E-state index contributed by atoms with van der Waals surface area (Å²) in [5.41, 5.74) is 5.06. The van der Waals surface area contributed by atoms with Crippen LogP contribution in [0.5, 0.6) is 0 Å². The fraction of sp³-hybridized carbons (Fsp3) is 0.0667. The van der Waals surface area contributed by atoms with Crippen LogP contribution in [0.3, 0.4) is 0 Å². The van der Waals surface area contributed by atoms with Crippen molar-refractivity contribution in [1.82, 2.24) is 4.40 Å². The highest BCUT2D eigenvalue weighted by Crippen LogP contribution is 2.22. The summed E-state index contributed by atoms with van der Waals surface area (Å²) in [5.74, 6) is 0. The van der Waals surface area contributed by atoms with E-state index in [9.17, 15) is 0 Å². The third kappa shape index (κ3) is 1.50. The van der Waals surface area contributed by atoms with E-state index in [0.29, 0.717) is 0 Å². The Kier molecular flexibility index (Phi) is 2.03. The molecule has 3 rings (SSSR count). The van der Waals surface area contributed by atoms with Gasteiger partial charge in [0.15, 0.2) is 0 Å². The fourth-order valence-electron chi connectivity index (χ4n) is 2.01. The molecule has 16 heavy (non-hydrogen) atoms. The predicted octanol–water partition coefficient (Wildman–Crippen LogP) is 3.91. The van der Waals surface area contributed by atoms with E-state index in [4.69, 9.17) is 0 Å². The van der Waals surface area contributed by atoms with Crippen LogP contribution < -0.4 is 0 Å². The highest BCUT2D eigenvalue weighted by Gasteiger charge is 2.01. The van der Waals surface area contributed by atoms with Crippen LogP contribution in [0.2, 0.25) is 0 Å². The molecule has 0 amide bonds. The highest BCUT2D eigenvalue weighted by atomic mass is 14.9. The molecular weight excluding hydrogens is 194 g/mol. The van der Waals surface area contributed by atoms with Crippen molar-refractivity contribution in [3.8, 4) is 11.1 Å². The number of aromatic nitrogens is 1. The van der Waals surface area contributed by atoms with Crippen molar-refractivity contribution in [2.75, 3.05) is 0 Å². The SMILES string of the molecule is Cc1ccc2cc(-c3ccccc3)cn2c1. The molecule has 78 valence electrons. The van der Waals surface area contributed by atoms with Crippen LogP contribution in [0.1, 0.15) is 5.56 Å². The number of nitrogens with zero attached hydrogens (tertiary/aromatic N) is 1. The Morgan fingerprint density at radius 3 is 2.44 bits per heavy atom. The van der Waals surface area contributed by atoms with Crippen molar-refractivity contribution >= 4 is 5.52 Å². The number of benzene rings is 1. The third-order valence-electron chi connectivity index (χ3n) is 2.85. The lowest BCUT2D eigenvalue weighted by Crippen LogP contribution is -1.81. The number of hydrogen-bond donors (Lipinski definition) is 0. The zero-order valence-corrected chi connectivity index (χ0v) is 9.22. The maximum atomic E-state index is 2.22. The minimum Gasteiger partial charge on any atom is -0.323 e. The monoisotopic (exact) mass is 207 g/mol. The van der Waals surface area contributed by atoms with Crippen LogP contribution in [-0.2, 0) is 0 Å². The molecule has 0 radical (unpaired) electrons. The second-order valence-electron chi connectivity index (χ2n) is 4.13. The Bertz CT molecular complexity index is 620. The molecular formula is C15H13N. The summed E-state index contributed by atoms with van der Waals surface area (Å²) in [6.07, 6.45) is 4.33. The zero-order valence-electron chi connectivity index (χ0n) is 9.22. The van der Waals surface area contributed by atoms with Crippen molar-refractivity contribution in [1.29, 1.82) is 0 Å². The molecule has 1 heteroatoms. The zero-order chi connectivity index (χ0) is 11.0. The third-order valence-corrected chi connectivity index (χ3v) is 2.85. The number of rotatable bonds is 1. The normalized spacial score (nSPS) is 10.8. The van der Waals surface area contributed by atoms with Gasteiger partial charge in [0.25, 0.3) is 0 Å². The van der Waals surface area contributed by atoms with Gasteiger partial charge in [0.05, 0.1) is 0 Å². The smallest absolute Gasteiger partial charge is 0.0456 e. The van der Waals surface area contributed by atoms with Gasteiger partial charge in [-0.15, -0.1) is 0 Å². The van der Waals surface area contributed by atoms with E-state index < -0.39 is 0 Å². The molecule has 1 aromatic carbocycles. The Hall–Kier alpha value is -2.02. The number of hydrogen-bond acceptors (Lipinski definition) is 0. The van der Waals surface area contributed by atoms with Gasteiger partial charge in [-0.25, -0.2) is 0 Å². The number of pyridine rings is 1. The molecule has 0 bridgehead atoms. The quantitative estimate of drug-likeness (QED) is 0.569. The summed E-state index contributed by atoms with van der Waals surface area (Å²) in [7, 11) is 0. The van der Waals surface area contributed by atoms with E-state index in [1.54, 1.807) is 0 Å². The molecule has 0 spiro atoms. The fourth-order valence-corrected chi connectivity index (χ4v) is 2.01. The van der Waals surface area contributed by atoms with Gasteiger partial charge in [0.1, 0.15) is 0 Å². The van der Waals surface area contributed by atoms with Crippen LogP contribution in [0, 0.1) is 6.92 Å². The minimum absolute atomic E-state index is 1.24. The summed E-state index contributed by atoms with van der Waals surface area (Å²) in [5, 5.41) is 0. The first-order valence-corrected chi connectivity index (χ1v) is 5.47. The minimum atomic E-state index is 1.24. The van der Waals surface area contributed by atoms with Gasteiger partial charge < -0.3 is 4.40 Å². The molecule has 0 saturated carbocycles. The molecule has 0 aliphatic rings. The van der Waals surface area contributed by atoms with E-state index in [0.717, 1.165) is 0 Å². The lowest BCUT2D eigenvalue weighted by atomic mass is 10.1. The summed E-state index contributed by atoms with van der Waals surface area (Å²) < 4.78 is 2.18. The first-order valence-electron chi connectivity index (χ1n) is 5.47. The van der Waals surface area contributed by atoms with Crippen molar-refractivity contribution in [3.63, 3.8) is 0 Å². The average molecular weight is 207 g/mol. The van der Waals surface area contributed by atoms with Crippen LogP contribution >= 0.6 is 0 Å². The lowest BCUT2D eigenvalue weighted by Gasteiger charge is -1.95. The summed E-state index contributed by atoms with van der Waals surface area (Å²) in [4.78, 5) is 0. The van der Waals surface area contributed by atoms with Gasteiger partial charge in [0.2, 0.25) is 0 Å². The summed E-state index contributed by atoms with van der Waals surface area (Å²) in [6, 6.07) is 17.0.